The van der Waals surface area contributed by atoms with E-state index >= 15 is 0 Å². The summed E-state index contributed by atoms with van der Waals surface area (Å²) in [4.78, 5) is 10.8. The Morgan fingerprint density at radius 3 is 2.83 bits per heavy atom. The van der Waals surface area contributed by atoms with Crippen LogP contribution in [-0.4, -0.2) is 16.1 Å². The molecule has 0 unspecified atom stereocenters. The van der Waals surface area contributed by atoms with Crippen LogP contribution in [0.1, 0.15) is 23.4 Å². The Balaban J connectivity index is 2.38. The van der Waals surface area contributed by atoms with Crippen molar-refractivity contribution in [1.29, 1.82) is 0 Å². The molecule has 1 rings (SSSR count). The summed E-state index contributed by atoms with van der Waals surface area (Å²) in [5.41, 5.74) is 0. The minimum atomic E-state index is 0.0443. The van der Waals surface area contributed by atoms with Gasteiger partial charge in [0.15, 0.2) is 0 Å². The standard InChI is InChI=1S/C7H11N3OS/c1-3-6(11)8-4-7-10-9-5(2)12-7/h3-4H2,1-2H3,(H,8,11). The molecule has 0 radical (unpaired) electrons. The summed E-state index contributed by atoms with van der Waals surface area (Å²) in [5, 5.41) is 12.2. The molecular formula is C7H11N3OS. The molecule has 1 aromatic rings. The number of amides is 1. The van der Waals surface area contributed by atoms with Crippen LogP contribution in [0, 0.1) is 6.92 Å². The maximum Gasteiger partial charge on any atom is 0.220 e. The van der Waals surface area contributed by atoms with Crippen LogP contribution in [0.4, 0.5) is 0 Å². The summed E-state index contributed by atoms with van der Waals surface area (Å²) in [5.74, 6) is 0.0443. The molecule has 0 saturated carbocycles. The molecule has 0 aliphatic rings. The second-order valence-corrected chi connectivity index (χ2v) is 3.61. The second-order valence-electron chi connectivity index (χ2n) is 2.35. The Labute approximate surface area is 75.0 Å². The van der Waals surface area contributed by atoms with E-state index in [1.165, 1.54) is 11.3 Å². The van der Waals surface area contributed by atoms with Crippen molar-refractivity contribution in [2.75, 3.05) is 0 Å². The van der Waals surface area contributed by atoms with Gasteiger partial charge in [-0.3, -0.25) is 4.79 Å². The fourth-order valence-electron chi connectivity index (χ4n) is 0.708. The number of nitrogens with one attached hydrogen (secondary N) is 1. The number of aryl methyl sites for hydroxylation is 1. The zero-order valence-electron chi connectivity index (χ0n) is 7.13. The third-order valence-electron chi connectivity index (χ3n) is 1.33. The average Bonchev–Trinajstić information content (AvgIpc) is 2.47. The SMILES string of the molecule is CCC(=O)NCc1nnc(C)s1. The number of nitrogens with zero attached hydrogens (tertiary/aromatic N) is 2. The molecule has 0 atom stereocenters. The Kier molecular flexibility index (Phi) is 3.16. The first kappa shape index (κ1) is 9.12. The van der Waals surface area contributed by atoms with Gasteiger partial charge < -0.3 is 5.32 Å². The average molecular weight is 185 g/mol. The Morgan fingerprint density at radius 1 is 1.58 bits per heavy atom. The van der Waals surface area contributed by atoms with Gasteiger partial charge in [0.25, 0.3) is 0 Å². The summed E-state index contributed by atoms with van der Waals surface area (Å²) in [6.45, 7) is 4.21. The smallest absolute Gasteiger partial charge is 0.220 e. The van der Waals surface area contributed by atoms with Crippen molar-refractivity contribution in [3.8, 4) is 0 Å². The van der Waals surface area contributed by atoms with Crippen LogP contribution < -0.4 is 5.32 Å². The number of hydrogen-bond donors (Lipinski definition) is 1. The van der Waals surface area contributed by atoms with Gasteiger partial charge in [0.05, 0.1) is 6.54 Å². The number of aromatic nitrogens is 2. The van der Waals surface area contributed by atoms with E-state index in [-0.39, 0.29) is 5.91 Å². The minimum absolute atomic E-state index is 0.0443. The van der Waals surface area contributed by atoms with Gasteiger partial charge in [-0.05, 0) is 6.92 Å². The van der Waals surface area contributed by atoms with Crippen molar-refractivity contribution in [3.05, 3.63) is 10.0 Å². The van der Waals surface area contributed by atoms with E-state index in [1.807, 2.05) is 13.8 Å². The Bertz CT molecular complexity index is 271. The largest absolute Gasteiger partial charge is 0.350 e. The summed E-state index contributed by atoms with van der Waals surface area (Å²) in [7, 11) is 0. The highest BCUT2D eigenvalue weighted by Crippen LogP contribution is 2.06. The van der Waals surface area contributed by atoms with Gasteiger partial charge >= 0.3 is 0 Å². The van der Waals surface area contributed by atoms with Gasteiger partial charge in [-0.2, -0.15) is 0 Å². The molecule has 12 heavy (non-hydrogen) atoms. The lowest BCUT2D eigenvalue weighted by Crippen LogP contribution is -2.21. The number of hydrogen-bond acceptors (Lipinski definition) is 4. The van der Waals surface area contributed by atoms with Crippen molar-refractivity contribution in [1.82, 2.24) is 15.5 Å². The summed E-state index contributed by atoms with van der Waals surface area (Å²) >= 11 is 1.50. The molecule has 1 aromatic heterocycles. The molecule has 0 bridgehead atoms. The van der Waals surface area contributed by atoms with Crippen LogP contribution in [0.3, 0.4) is 0 Å². The van der Waals surface area contributed by atoms with Gasteiger partial charge in [-0.25, -0.2) is 0 Å². The molecule has 0 aromatic carbocycles. The lowest BCUT2D eigenvalue weighted by molar-refractivity contribution is -0.120. The quantitative estimate of drug-likeness (QED) is 0.760. The van der Waals surface area contributed by atoms with Crippen LogP contribution in [0.2, 0.25) is 0 Å². The number of carbonyl (C=O) groups excluding carboxylic acids is 1. The van der Waals surface area contributed by atoms with E-state index in [2.05, 4.69) is 15.5 Å². The van der Waals surface area contributed by atoms with Crippen molar-refractivity contribution < 1.29 is 4.79 Å². The van der Waals surface area contributed by atoms with Gasteiger partial charge in [-0.1, -0.05) is 18.3 Å². The van der Waals surface area contributed by atoms with E-state index in [1.54, 1.807) is 0 Å². The van der Waals surface area contributed by atoms with Crippen molar-refractivity contribution in [2.24, 2.45) is 0 Å². The molecule has 0 spiro atoms. The lowest BCUT2D eigenvalue weighted by Gasteiger charge is -1.97. The summed E-state index contributed by atoms with van der Waals surface area (Å²) in [6, 6.07) is 0. The predicted octanol–water partition coefficient (Wildman–Crippen LogP) is 0.873. The molecule has 0 aliphatic carbocycles. The van der Waals surface area contributed by atoms with E-state index in [9.17, 15) is 4.79 Å². The maximum absolute atomic E-state index is 10.8. The molecule has 0 saturated heterocycles. The molecule has 0 fully saturated rings. The molecular weight excluding hydrogens is 174 g/mol. The van der Waals surface area contributed by atoms with Crippen LogP contribution in [0.5, 0.6) is 0 Å². The highest BCUT2D eigenvalue weighted by atomic mass is 32.1. The van der Waals surface area contributed by atoms with Crippen LogP contribution in [0.25, 0.3) is 0 Å². The van der Waals surface area contributed by atoms with Crippen LogP contribution >= 0.6 is 11.3 Å². The topological polar surface area (TPSA) is 54.9 Å². The van der Waals surface area contributed by atoms with Crippen molar-refractivity contribution >= 4 is 17.2 Å². The first-order valence-electron chi connectivity index (χ1n) is 3.78. The first-order chi connectivity index (χ1) is 5.72. The van der Waals surface area contributed by atoms with Gasteiger partial charge in [-0.15, -0.1) is 10.2 Å². The minimum Gasteiger partial charge on any atom is -0.350 e. The molecule has 66 valence electrons. The zero-order valence-corrected chi connectivity index (χ0v) is 7.94. The maximum atomic E-state index is 10.8. The fraction of sp³-hybridized carbons (Fsp3) is 0.571. The van der Waals surface area contributed by atoms with E-state index < -0.39 is 0 Å². The molecule has 1 heterocycles. The van der Waals surface area contributed by atoms with E-state index in [0.29, 0.717) is 13.0 Å². The second kappa shape index (κ2) is 4.15. The Hall–Kier alpha value is -0.970. The van der Waals surface area contributed by atoms with Crippen LogP contribution in [-0.2, 0) is 11.3 Å². The third kappa shape index (κ3) is 2.58. The molecule has 1 N–H and O–H groups in total. The van der Waals surface area contributed by atoms with Crippen LogP contribution in [0.15, 0.2) is 0 Å². The summed E-state index contributed by atoms with van der Waals surface area (Å²) < 4.78 is 0. The predicted molar refractivity (Wildman–Crippen MR) is 46.8 cm³/mol. The molecule has 5 heteroatoms. The normalized spacial score (nSPS) is 9.83. The summed E-state index contributed by atoms with van der Waals surface area (Å²) in [6.07, 6.45) is 0.512. The van der Waals surface area contributed by atoms with E-state index in [4.69, 9.17) is 0 Å². The lowest BCUT2D eigenvalue weighted by atomic mass is 10.4. The van der Waals surface area contributed by atoms with Crippen molar-refractivity contribution in [3.63, 3.8) is 0 Å². The number of carbonyl (C=O) groups is 1. The monoisotopic (exact) mass is 185 g/mol. The van der Waals surface area contributed by atoms with Gasteiger partial charge in [0.1, 0.15) is 10.0 Å². The molecule has 1 amide bonds. The van der Waals surface area contributed by atoms with Gasteiger partial charge in [0, 0.05) is 6.42 Å². The van der Waals surface area contributed by atoms with Gasteiger partial charge in [0.2, 0.25) is 5.91 Å². The highest BCUT2D eigenvalue weighted by Gasteiger charge is 2.01. The van der Waals surface area contributed by atoms with Crippen molar-refractivity contribution in [2.45, 2.75) is 26.8 Å². The fourth-order valence-corrected chi connectivity index (χ4v) is 1.36. The molecule has 0 aliphatic heterocycles. The van der Waals surface area contributed by atoms with E-state index in [0.717, 1.165) is 10.0 Å². The Morgan fingerprint density at radius 2 is 2.33 bits per heavy atom. The third-order valence-corrected chi connectivity index (χ3v) is 2.16. The highest BCUT2D eigenvalue weighted by molar-refractivity contribution is 7.11. The molecule has 4 nitrogen and oxygen atoms in total. The zero-order chi connectivity index (χ0) is 8.97. The first-order valence-corrected chi connectivity index (χ1v) is 4.59. The number of rotatable bonds is 3.